The topological polar surface area (TPSA) is 84.1 Å². The van der Waals surface area contributed by atoms with Gasteiger partial charge in [-0.25, -0.2) is 4.98 Å². The lowest BCUT2D eigenvalue weighted by Gasteiger charge is -2.31. The fourth-order valence-corrected chi connectivity index (χ4v) is 5.59. The number of nitrogens with zero attached hydrogens (tertiary/aromatic N) is 3. The molecule has 0 bridgehead atoms. The van der Waals surface area contributed by atoms with E-state index in [9.17, 15) is 4.79 Å². The van der Waals surface area contributed by atoms with E-state index in [1.807, 2.05) is 37.4 Å². The minimum atomic E-state index is -0.145. The molecular weight excluding hydrogens is 442 g/mol. The monoisotopic (exact) mass is 471 g/mol. The average Bonchev–Trinajstić information content (AvgIpc) is 3.20. The minimum absolute atomic E-state index is 0.145. The van der Waals surface area contributed by atoms with Crippen LogP contribution in [-0.4, -0.2) is 35.5 Å². The number of aromatic nitrogens is 2. The van der Waals surface area contributed by atoms with Crippen LogP contribution in [0.25, 0.3) is 21.5 Å². The van der Waals surface area contributed by atoms with Gasteiger partial charge in [-0.1, -0.05) is 12.1 Å². The van der Waals surface area contributed by atoms with Crippen LogP contribution < -0.4 is 16.0 Å². The molecule has 5 rings (SSSR count). The number of hydrogen-bond donors (Lipinski definition) is 2. The molecule has 174 valence electrons. The number of aryl methyl sites for hydroxylation is 1. The zero-order valence-corrected chi connectivity index (χ0v) is 20.2. The first kappa shape index (κ1) is 22.3. The summed E-state index contributed by atoms with van der Waals surface area (Å²) >= 11 is 1.35. The summed E-state index contributed by atoms with van der Waals surface area (Å²) in [4.78, 5) is 25.8. The summed E-state index contributed by atoms with van der Waals surface area (Å²) in [5.41, 5.74) is 12.2. The van der Waals surface area contributed by atoms with Crippen molar-refractivity contribution < 1.29 is 4.79 Å². The lowest BCUT2D eigenvalue weighted by Crippen LogP contribution is -2.30. The van der Waals surface area contributed by atoms with Gasteiger partial charge in [-0.3, -0.25) is 9.78 Å². The van der Waals surface area contributed by atoms with Crippen molar-refractivity contribution in [2.75, 3.05) is 30.3 Å². The lowest BCUT2D eigenvalue weighted by atomic mass is 10.0. The van der Waals surface area contributed by atoms with E-state index in [0.717, 1.165) is 46.7 Å². The van der Waals surface area contributed by atoms with Crippen LogP contribution in [0.5, 0.6) is 0 Å². The van der Waals surface area contributed by atoms with Crippen molar-refractivity contribution in [3.63, 3.8) is 0 Å². The number of nitrogen functional groups attached to an aromatic ring is 1. The smallest absolute Gasteiger partial charge is 0.263 e. The maximum atomic E-state index is 12.8. The summed E-state index contributed by atoms with van der Waals surface area (Å²) in [6, 6.07) is 16.5. The number of rotatable bonds is 6. The highest BCUT2D eigenvalue weighted by Gasteiger charge is 2.18. The fourth-order valence-electron chi connectivity index (χ4n) is 4.54. The van der Waals surface area contributed by atoms with Gasteiger partial charge in [0.25, 0.3) is 5.91 Å². The molecule has 1 saturated heterocycles. The Bertz CT molecular complexity index is 1310. The summed E-state index contributed by atoms with van der Waals surface area (Å²) in [6.45, 7) is 4.63. The molecule has 0 unspecified atom stereocenters. The standard InChI is InChI=1S/C27H29N5OS/c1-18-8-10-20-24(28)25(34-27(20)31-18)26(33)30-14-12-19-9-11-23(32-15-5-2-6-16-32)21(17-19)22-7-3-4-13-29-22/h3-4,7-11,13,17H,2,5-6,12,14-16,28H2,1H3,(H,30,33). The maximum Gasteiger partial charge on any atom is 0.263 e. The highest BCUT2D eigenvalue weighted by Crippen LogP contribution is 2.34. The average molecular weight is 472 g/mol. The summed E-state index contributed by atoms with van der Waals surface area (Å²) in [7, 11) is 0. The van der Waals surface area contributed by atoms with Crippen molar-refractivity contribution in [3.8, 4) is 11.3 Å². The first-order chi connectivity index (χ1) is 16.6. The number of nitrogens with two attached hydrogens (primary N) is 1. The van der Waals surface area contributed by atoms with Crippen LogP contribution >= 0.6 is 11.3 Å². The summed E-state index contributed by atoms with van der Waals surface area (Å²) in [5.74, 6) is -0.145. The molecule has 4 aromatic rings. The van der Waals surface area contributed by atoms with Gasteiger partial charge in [-0.15, -0.1) is 11.3 Å². The third kappa shape index (κ3) is 4.61. The van der Waals surface area contributed by atoms with Gasteiger partial charge in [0.2, 0.25) is 0 Å². The SMILES string of the molecule is Cc1ccc2c(N)c(C(=O)NCCc3ccc(N4CCCCC4)c(-c4ccccn4)c3)sc2n1. The molecule has 3 aromatic heterocycles. The number of amides is 1. The Morgan fingerprint density at radius 3 is 2.76 bits per heavy atom. The van der Waals surface area contributed by atoms with Gasteiger partial charge in [0, 0.05) is 48.2 Å². The number of thiophene rings is 1. The van der Waals surface area contributed by atoms with Gasteiger partial charge >= 0.3 is 0 Å². The Hall–Kier alpha value is -3.45. The number of nitrogens with one attached hydrogen (secondary N) is 1. The highest BCUT2D eigenvalue weighted by atomic mass is 32.1. The van der Waals surface area contributed by atoms with E-state index in [1.54, 1.807) is 0 Å². The molecule has 0 saturated carbocycles. The van der Waals surface area contributed by atoms with Crippen molar-refractivity contribution in [1.29, 1.82) is 0 Å². The molecule has 1 aromatic carbocycles. The van der Waals surface area contributed by atoms with Crippen LogP contribution in [0.4, 0.5) is 11.4 Å². The third-order valence-electron chi connectivity index (χ3n) is 6.34. The molecule has 0 aliphatic carbocycles. The van der Waals surface area contributed by atoms with Crippen LogP contribution in [0.1, 0.15) is 40.2 Å². The largest absolute Gasteiger partial charge is 0.397 e. The minimum Gasteiger partial charge on any atom is -0.397 e. The van der Waals surface area contributed by atoms with E-state index in [1.165, 1.54) is 41.9 Å². The quantitative estimate of drug-likeness (QED) is 0.403. The number of benzene rings is 1. The van der Waals surface area contributed by atoms with Crippen LogP contribution in [-0.2, 0) is 6.42 Å². The molecule has 7 heteroatoms. The van der Waals surface area contributed by atoms with E-state index in [-0.39, 0.29) is 5.91 Å². The van der Waals surface area contributed by atoms with Crippen LogP contribution in [0, 0.1) is 6.92 Å². The molecule has 1 aliphatic rings. The van der Waals surface area contributed by atoms with E-state index in [2.05, 4.69) is 44.5 Å². The number of carbonyl (C=O) groups is 1. The molecule has 4 heterocycles. The summed E-state index contributed by atoms with van der Waals surface area (Å²) < 4.78 is 0. The molecule has 0 radical (unpaired) electrons. The van der Waals surface area contributed by atoms with E-state index >= 15 is 0 Å². The number of fused-ring (bicyclic) bond motifs is 1. The molecule has 34 heavy (non-hydrogen) atoms. The first-order valence-corrected chi connectivity index (χ1v) is 12.6. The maximum absolute atomic E-state index is 12.8. The van der Waals surface area contributed by atoms with Gasteiger partial charge in [-0.05, 0) is 74.6 Å². The zero-order chi connectivity index (χ0) is 23.5. The van der Waals surface area contributed by atoms with Crippen molar-refractivity contribution in [2.24, 2.45) is 0 Å². The second-order valence-corrected chi connectivity index (χ2v) is 9.77. The molecule has 0 atom stereocenters. The highest BCUT2D eigenvalue weighted by molar-refractivity contribution is 7.21. The van der Waals surface area contributed by atoms with E-state index < -0.39 is 0 Å². The van der Waals surface area contributed by atoms with Gasteiger partial charge in [0.1, 0.15) is 9.71 Å². The number of pyridine rings is 2. The Kier molecular flexibility index (Phi) is 6.45. The normalized spacial score (nSPS) is 13.9. The summed E-state index contributed by atoms with van der Waals surface area (Å²) in [5, 5.41) is 3.88. The van der Waals surface area contributed by atoms with Gasteiger partial charge in [0.15, 0.2) is 0 Å². The van der Waals surface area contributed by atoms with Crippen LogP contribution in [0.2, 0.25) is 0 Å². The number of anilines is 2. The number of hydrogen-bond acceptors (Lipinski definition) is 6. The second-order valence-electron chi connectivity index (χ2n) is 8.77. The molecule has 1 amide bonds. The van der Waals surface area contributed by atoms with Crippen molar-refractivity contribution in [3.05, 3.63) is 70.9 Å². The predicted molar refractivity (Wildman–Crippen MR) is 141 cm³/mol. The Labute approximate surface area is 203 Å². The lowest BCUT2D eigenvalue weighted by molar-refractivity contribution is 0.0959. The summed E-state index contributed by atoms with van der Waals surface area (Å²) in [6.07, 6.45) is 6.33. The number of carbonyl (C=O) groups excluding carboxylic acids is 1. The zero-order valence-electron chi connectivity index (χ0n) is 19.4. The Balaban J connectivity index is 1.32. The van der Waals surface area contributed by atoms with Crippen molar-refractivity contribution >= 4 is 38.8 Å². The van der Waals surface area contributed by atoms with E-state index in [4.69, 9.17) is 5.73 Å². The van der Waals surface area contributed by atoms with Crippen LogP contribution in [0.15, 0.2) is 54.7 Å². The first-order valence-electron chi connectivity index (χ1n) is 11.8. The third-order valence-corrected chi connectivity index (χ3v) is 7.45. The Morgan fingerprint density at radius 2 is 1.97 bits per heavy atom. The Morgan fingerprint density at radius 1 is 1.12 bits per heavy atom. The molecular formula is C27H29N5OS. The molecule has 1 fully saturated rings. The molecule has 1 aliphatic heterocycles. The fraction of sp³-hybridized carbons (Fsp3) is 0.296. The van der Waals surface area contributed by atoms with Crippen molar-refractivity contribution in [2.45, 2.75) is 32.6 Å². The number of piperidine rings is 1. The van der Waals surface area contributed by atoms with E-state index in [0.29, 0.717) is 17.1 Å². The molecule has 3 N–H and O–H groups in total. The predicted octanol–water partition coefficient (Wildman–Crippen LogP) is 5.21. The van der Waals surface area contributed by atoms with Crippen molar-refractivity contribution in [1.82, 2.24) is 15.3 Å². The molecule has 6 nitrogen and oxygen atoms in total. The van der Waals surface area contributed by atoms with Crippen LogP contribution in [0.3, 0.4) is 0 Å². The second kappa shape index (κ2) is 9.81. The van der Waals surface area contributed by atoms with Gasteiger partial charge in [-0.2, -0.15) is 0 Å². The molecule has 0 spiro atoms. The van der Waals surface area contributed by atoms with Gasteiger partial charge in [0.05, 0.1) is 11.4 Å². The van der Waals surface area contributed by atoms with Gasteiger partial charge < -0.3 is 16.0 Å².